The standard InChI is InChI=1S/C23H28FN3O3S2/c1-27(19-5-3-2-4-6-19)32(29,30)20-13-14-21(25-15-20)31-22(23(28)26-18-11-12-18)16-7-9-17(24)10-8-16/h7-10,13-15,18-19,22H,2-6,11-12H2,1H3,(H,26,28)/t22-/m0/s1. The van der Waals surface area contributed by atoms with Gasteiger partial charge in [-0.2, -0.15) is 4.31 Å². The second kappa shape index (κ2) is 9.89. The fraction of sp³-hybridized carbons (Fsp3) is 0.478. The number of hydrogen-bond donors (Lipinski definition) is 1. The molecule has 2 aromatic rings. The van der Waals surface area contributed by atoms with E-state index in [0.717, 1.165) is 44.9 Å². The van der Waals surface area contributed by atoms with Gasteiger partial charge in [0.2, 0.25) is 15.9 Å². The van der Waals surface area contributed by atoms with Crippen molar-refractivity contribution in [2.45, 2.75) is 72.2 Å². The molecule has 2 aliphatic rings. The van der Waals surface area contributed by atoms with E-state index in [-0.39, 0.29) is 28.7 Å². The first-order valence-electron chi connectivity index (χ1n) is 11.0. The number of aromatic nitrogens is 1. The second-order valence-corrected chi connectivity index (χ2v) is 11.6. The number of nitrogens with one attached hydrogen (secondary N) is 1. The molecule has 1 amide bonds. The van der Waals surface area contributed by atoms with Crippen molar-refractivity contribution in [2.24, 2.45) is 0 Å². The first-order chi connectivity index (χ1) is 15.3. The van der Waals surface area contributed by atoms with E-state index in [1.54, 1.807) is 31.3 Å². The monoisotopic (exact) mass is 477 g/mol. The summed E-state index contributed by atoms with van der Waals surface area (Å²) in [7, 11) is -1.98. The Balaban J connectivity index is 1.50. The Hall–Kier alpha value is -1.97. The minimum absolute atomic E-state index is 0.0248. The second-order valence-electron chi connectivity index (χ2n) is 8.48. The van der Waals surface area contributed by atoms with Crippen LogP contribution in [-0.4, -0.2) is 42.7 Å². The lowest BCUT2D eigenvalue weighted by atomic mass is 9.96. The van der Waals surface area contributed by atoms with Crippen molar-refractivity contribution in [3.63, 3.8) is 0 Å². The summed E-state index contributed by atoms with van der Waals surface area (Å²) < 4.78 is 40.9. The summed E-state index contributed by atoms with van der Waals surface area (Å²) in [5, 5.41) is 2.92. The molecule has 1 aromatic carbocycles. The number of thioether (sulfide) groups is 1. The van der Waals surface area contributed by atoms with Gasteiger partial charge in [0, 0.05) is 25.3 Å². The van der Waals surface area contributed by atoms with E-state index in [2.05, 4.69) is 10.3 Å². The molecule has 0 radical (unpaired) electrons. The molecular formula is C23H28FN3O3S2. The largest absolute Gasteiger partial charge is 0.352 e. The number of benzene rings is 1. The third-order valence-electron chi connectivity index (χ3n) is 6.05. The van der Waals surface area contributed by atoms with Gasteiger partial charge in [-0.15, -0.1) is 0 Å². The Morgan fingerprint density at radius 2 is 1.78 bits per heavy atom. The maximum Gasteiger partial charge on any atom is 0.244 e. The third kappa shape index (κ3) is 5.50. The molecule has 6 nitrogen and oxygen atoms in total. The van der Waals surface area contributed by atoms with Gasteiger partial charge < -0.3 is 5.32 Å². The Morgan fingerprint density at radius 3 is 2.38 bits per heavy atom. The number of halogens is 1. The number of sulfonamides is 1. The van der Waals surface area contributed by atoms with E-state index in [1.807, 2.05) is 0 Å². The molecule has 1 N–H and O–H groups in total. The molecule has 1 atom stereocenters. The molecule has 4 rings (SSSR count). The molecule has 0 spiro atoms. The molecule has 32 heavy (non-hydrogen) atoms. The van der Waals surface area contributed by atoms with Crippen molar-refractivity contribution in [1.29, 1.82) is 0 Å². The normalized spacial score (nSPS) is 18.5. The Morgan fingerprint density at radius 1 is 1.09 bits per heavy atom. The summed E-state index contributed by atoms with van der Waals surface area (Å²) in [6.07, 6.45) is 8.30. The van der Waals surface area contributed by atoms with Gasteiger partial charge in [-0.1, -0.05) is 43.2 Å². The summed E-state index contributed by atoms with van der Waals surface area (Å²) in [5.41, 5.74) is 0.671. The van der Waals surface area contributed by atoms with Gasteiger partial charge in [-0.05, 0) is 55.5 Å². The van der Waals surface area contributed by atoms with E-state index in [9.17, 15) is 17.6 Å². The van der Waals surface area contributed by atoms with Crippen LogP contribution in [0.1, 0.15) is 55.8 Å². The van der Waals surface area contributed by atoms with Crippen LogP contribution in [0, 0.1) is 5.82 Å². The van der Waals surface area contributed by atoms with Crippen molar-refractivity contribution in [1.82, 2.24) is 14.6 Å². The molecule has 0 aliphatic heterocycles. The average Bonchev–Trinajstić information content (AvgIpc) is 3.62. The molecule has 2 fully saturated rings. The summed E-state index contributed by atoms with van der Waals surface area (Å²) in [6, 6.07) is 9.25. The van der Waals surface area contributed by atoms with Gasteiger partial charge in [-0.3, -0.25) is 4.79 Å². The average molecular weight is 478 g/mol. The van der Waals surface area contributed by atoms with Gasteiger partial charge in [0.05, 0.1) is 5.03 Å². The zero-order valence-electron chi connectivity index (χ0n) is 18.0. The lowest BCUT2D eigenvalue weighted by Gasteiger charge is -2.30. The highest BCUT2D eigenvalue weighted by molar-refractivity contribution is 8.00. The number of hydrogen-bond acceptors (Lipinski definition) is 5. The van der Waals surface area contributed by atoms with Gasteiger partial charge in [0.25, 0.3) is 0 Å². The molecule has 2 saturated carbocycles. The quantitative estimate of drug-likeness (QED) is 0.574. The fourth-order valence-corrected chi connectivity index (χ4v) is 6.26. The summed E-state index contributed by atoms with van der Waals surface area (Å²) in [4.78, 5) is 17.3. The molecule has 0 bridgehead atoms. The Labute approximate surface area is 193 Å². The molecular weight excluding hydrogens is 449 g/mol. The van der Waals surface area contributed by atoms with Crippen LogP contribution in [0.15, 0.2) is 52.5 Å². The maximum atomic E-state index is 13.4. The minimum Gasteiger partial charge on any atom is -0.352 e. The lowest BCUT2D eigenvalue weighted by Crippen LogP contribution is -2.38. The summed E-state index contributed by atoms with van der Waals surface area (Å²) in [5.74, 6) is -0.519. The highest BCUT2D eigenvalue weighted by Gasteiger charge is 2.31. The fourth-order valence-electron chi connectivity index (χ4n) is 3.93. The maximum absolute atomic E-state index is 13.4. The predicted octanol–water partition coefficient (Wildman–Crippen LogP) is 4.29. The predicted molar refractivity (Wildman–Crippen MR) is 122 cm³/mol. The Kier molecular flexibility index (Phi) is 7.17. The number of amides is 1. The molecule has 1 heterocycles. The lowest BCUT2D eigenvalue weighted by molar-refractivity contribution is -0.120. The van der Waals surface area contributed by atoms with E-state index in [1.165, 1.54) is 34.4 Å². The van der Waals surface area contributed by atoms with E-state index >= 15 is 0 Å². The van der Waals surface area contributed by atoms with Crippen LogP contribution < -0.4 is 5.32 Å². The number of nitrogens with zero attached hydrogens (tertiary/aromatic N) is 2. The summed E-state index contributed by atoms with van der Waals surface area (Å²) >= 11 is 1.23. The summed E-state index contributed by atoms with van der Waals surface area (Å²) in [6.45, 7) is 0. The zero-order chi connectivity index (χ0) is 22.7. The van der Waals surface area contributed by atoms with Crippen LogP contribution in [0.3, 0.4) is 0 Å². The van der Waals surface area contributed by atoms with Gasteiger partial charge in [-0.25, -0.2) is 17.8 Å². The van der Waals surface area contributed by atoms with Crippen LogP contribution in [0.4, 0.5) is 4.39 Å². The molecule has 2 aliphatic carbocycles. The molecule has 0 unspecified atom stereocenters. The molecule has 1 aromatic heterocycles. The van der Waals surface area contributed by atoms with Gasteiger partial charge in [0.1, 0.15) is 16.0 Å². The van der Waals surface area contributed by atoms with Crippen LogP contribution in [0.25, 0.3) is 0 Å². The first-order valence-corrected chi connectivity index (χ1v) is 13.3. The molecule has 9 heteroatoms. The number of rotatable bonds is 8. The van der Waals surface area contributed by atoms with Crippen molar-refractivity contribution >= 4 is 27.7 Å². The van der Waals surface area contributed by atoms with E-state index in [4.69, 9.17) is 0 Å². The van der Waals surface area contributed by atoms with Crippen molar-refractivity contribution in [3.8, 4) is 0 Å². The zero-order valence-corrected chi connectivity index (χ0v) is 19.7. The Bertz CT molecular complexity index is 1040. The molecule has 0 saturated heterocycles. The van der Waals surface area contributed by atoms with Crippen LogP contribution in [-0.2, 0) is 14.8 Å². The van der Waals surface area contributed by atoms with Gasteiger partial charge in [0.15, 0.2) is 0 Å². The third-order valence-corrected chi connectivity index (χ3v) is 9.15. The van der Waals surface area contributed by atoms with Gasteiger partial charge >= 0.3 is 0 Å². The van der Waals surface area contributed by atoms with Crippen LogP contribution >= 0.6 is 11.8 Å². The van der Waals surface area contributed by atoms with Crippen molar-refractivity contribution in [3.05, 3.63) is 54.0 Å². The highest BCUT2D eigenvalue weighted by atomic mass is 32.2. The topological polar surface area (TPSA) is 79.4 Å². The highest BCUT2D eigenvalue weighted by Crippen LogP contribution is 2.36. The van der Waals surface area contributed by atoms with Crippen LogP contribution in [0.5, 0.6) is 0 Å². The smallest absolute Gasteiger partial charge is 0.244 e. The van der Waals surface area contributed by atoms with E-state index in [0.29, 0.717) is 10.6 Å². The van der Waals surface area contributed by atoms with Crippen molar-refractivity contribution < 1.29 is 17.6 Å². The number of carbonyl (C=O) groups is 1. The number of pyridine rings is 1. The van der Waals surface area contributed by atoms with E-state index < -0.39 is 15.3 Å². The number of carbonyl (C=O) groups excluding carboxylic acids is 1. The first kappa shape index (κ1) is 23.2. The van der Waals surface area contributed by atoms with Crippen molar-refractivity contribution in [2.75, 3.05) is 7.05 Å². The SMILES string of the molecule is CN(C1CCCCC1)S(=O)(=O)c1ccc(S[C@H](C(=O)NC2CC2)c2ccc(F)cc2)nc1. The minimum atomic E-state index is -3.62. The molecule has 172 valence electrons. The van der Waals surface area contributed by atoms with Crippen LogP contribution in [0.2, 0.25) is 0 Å².